The molecule has 0 unspecified atom stereocenters. The molecule has 0 spiro atoms. The standard InChI is InChI=1S/C22H28N6/c1-22(2,3)18-7-5-17(6-8-18)15-27-11-12-28-20(16-27)13-19(26-28)14-25-21-23-9-4-10-24-21/h4-10,13H,11-12,14-16H2,1-3H3,(H,23,24,25). The second kappa shape index (κ2) is 7.72. The monoisotopic (exact) mass is 376 g/mol. The number of hydrogen-bond donors (Lipinski definition) is 1. The lowest BCUT2D eigenvalue weighted by Crippen LogP contribution is -2.33. The predicted molar refractivity (Wildman–Crippen MR) is 111 cm³/mol. The number of rotatable bonds is 5. The van der Waals surface area contributed by atoms with Crippen LogP contribution >= 0.6 is 0 Å². The Labute approximate surface area is 166 Å². The van der Waals surface area contributed by atoms with Gasteiger partial charge in [-0.25, -0.2) is 9.97 Å². The number of hydrogen-bond acceptors (Lipinski definition) is 5. The molecular formula is C22H28N6. The highest BCUT2D eigenvalue weighted by Gasteiger charge is 2.19. The molecule has 0 aliphatic carbocycles. The molecule has 0 atom stereocenters. The second-order valence-corrected chi connectivity index (χ2v) is 8.43. The van der Waals surface area contributed by atoms with E-state index in [0.29, 0.717) is 12.5 Å². The fraction of sp³-hybridized carbons (Fsp3) is 0.409. The fourth-order valence-corrected chi connectivity index (χ4v) is 3.53. The van der Waals surface area contributed by atoms with Crippen LogP contribution in [-0.2, 0) is 31.6 Å². The summed E-state index contributed by atoms with van der Waals surface area (Å²) in [6, 6.07) is 13.1. The minimum atomic E-state index is 0.200. The largest absolute Gasteiger partial charge is 0.348 e. The zero-order valence-electron chi connectivity index (χ0n) is 16.9. The van der Waals surface area contributed by atoms with Crippen molar-refractivity contribution >= 4 is 5.95 Å². The summed E-state index contributed by atoms with van der Waals surface area (Å²) in [5, 5.41) is 7.94. The van der Waals surface area contributed by atoms with Gasteiger partial charge in [-0.15, -0.1) is 0 Å². The van der Waals surface area contributed by atoms with Crippen molar-refractivity contribution < 1.29 is 0 Å². The molecule has 0 fully saturated rings. The van der Waals surface area contributed by atoms with E-state index in [1.54, 1.807) is 12.4 Å². The third kappa shape index (κ3) is 4.39. The van der Waals surface area contributed by atoms with Gasteiger partial charge in [0, 0.05) is 32.0 Å². The van der Waals surface area contributed by atoms with Gasteiger partial charge in [0.2, 0.25) is 5.95 Å². The number of nitrogens with one attached hydrogen (secondary N) is 1. The molecule has 0 bridgehead atoms. The van der Waals surface area contributed by atoms with Crippen molar-refractivity contribution in [3.8, 4) is 0 Å². The zero-order chi connectivity index (χ0) is 19.6. The number of aromatic nitrogens is 4. The lowest BCUT2D eigenvalue weighted by Gasteiger charge is -2.28. The van der Waals surface area contributed by atoms with Gasteiger partial charge in [-0.3, -0.25) is 9.58 Å². The summed E-state index contributed by atoms with van der Waals surface area (Å²) < 4.78 is 2.13. The van der Waals surface area contributed by atoms with E-state index in [1.807, 2.05) is 6.07 Å². The van der Waals surface area contributed by atoms with Crippen molar-refractivity contribution in [2.24, 2.45) is 0 Å². The summed E-state index contributed by atoms with van der Waals surface area (Å²) in [6.07, 6.45) is 3.47. The average Bonchev–Trinajstić information content (AvgIpc) is 3.09. The first-order chi connectivity index (χ1) is 13.5. The van der Waals surface area contributed by atoms with E-state index < -0.39 is 0 Å². The summed E-state index contributed by atoms with van der Waals surface area (Å²) in [4.78, 5) is 10.9. The van der Waals surface area contributed by atoms with Gasteiger partial charge in [-0.2, -0.15) is 5.10 Å². The van der Waals surface area contributed by atoms with Gasteiger partial charge >= 0.3 is 0 Å². The first kappa shape index (κ1) is 18.6. The van der Waals surface area contributed by atoms with Gasteiger partial charge in [0.1, 0.15) is 0 Å². The molecule has 0 amide bonds. The molecule has 4 rings (SSSR count). The average molecular weight is 377 g/mol. The van der Waals surface area contributed by atoms with Crippen LogP contribution in [0.3, 0.4) is 0 Å². The molecule has 1 N–H and O–H groups in total. The third-order valence-corrected chi connectivity index (χ3v) is 5.15. The smallest absolute Gasteiger partial charge is 0.222 e. The van der Waals surface area contributed by atoms with Crippen molar-refractivity contribution in [1.29, 1.82) is 0 Å². The van der Waals surface area contributed by atoms with Gasteiger partial charge in [0.25, 0.3) is 0 Å². The van der Waals surface area contributed by atoms with Crippen molar-refractivity contribution in [3.63, 3.8) is 0 Å². The fourth-order valence-electron chi connectivity index (χ4n) is 3.53. The minimum absolute atomic E-state index is 0.200. The molecule has 1 aromatic carbocycles. The normalized spacial score (nSPS) is 14.7. The topological polar surface area (TPSA) is 58.9 Å². The van der Waals surface area contributed by atoms with Crippen LogP contribution in [0.5, 0.6) is 0 Å². The molecular weight excluding hydrogens is 348 g/mol. The lowest BCUT2D eigenvalue weighted by atomic mass is 9.87. The van der Waals surface area contributed by atoms with Gasteiger partial charge in [-0.1, -0.05) is 45.0 Å². The van der Waals surface area contributed by atoms with Crippen molar-refractivity contribution in [1.82, 2.24) is 24.6 Å². The molecule has 0 saturated carbocycles. The highest BCUT2D eigenvalue weighted by Crippen LogP contribution is 2.23. The Hall–Kier alpha value is -2.73. The summed E-state index contributed by atoms with van der Waals surface area (Å²) in [5.74, 6) is 0.633. The maximum Gasteiger partial charge on any atom is 0.222 e. The van der Waals surface area contributed by atoms with Gasteiger partial charge < -0.3 is 5.32 Å². The van der Waals surface area contributed by atoms with Crippen LogP contribution in [0.15, 0.2) is 48.8 Å². The molecule has 1 aliphatic heterocycles. The molecule has 6 heteroatoms. The highest BCUT2D eigenvalue weighted by molar-refractivity contribution is 5.28. The molecule has 0 radical (unpaired) electrons. The highest BCUT2D eigenvalue weighted by atomic mass is 15.3. The lowest BCUT2D eigenvalue weighted by molar-refractivity contribution is 0.205. The Morgan fingerprint density at radius 3 is 2.50 bits per heavy atom. The number of benzene rings is 1. The van der Waals surface area contributed by atoms with E-state index in [1.165, 1.54) is 16.8 Å². The van der Waals surface area contributed by atoms with E-state index in [9.17, 15) is 0 Å². The van der Waals surface area contributed by atoms with Crippen molar-refractivity contribution in [2.45, 2.75) is 52.4 Å². The summed E-state index contributed by atoms with van der Waals surface area (Å²) in [7, 11) is 0. The van der Waals surface area contributed by atoms with Gasteiger partial charge in [0.15, 0.2) is 0 Å². The van der Waals surface area contributed by atoms with Crippen LogP contribution in [0, 0.1) is 0 Å². The number of anilines is 1. The van der Waals surface area contributed by atoms with Crippen molar-refractivity contribution in [2.75, 3.05) is 11.9 Å². The number of fused-ring (bicyclic) bond motifs is 1. The maximum absolute atomic E-state index is 4.72. The van der Waals surface area contributed by atoms with Crippen LogP contribution in [-0.4, -0.2) is 31.2 Å². The van der Waals surface area contributed by atoms with Gasteiger partial charge in [0.05, 0.1) is 24.5 Å². The molecule has 146 valence electrons. The first-order valence-electron chi connectivity index (χ1n) is 9.86. The Bertz CT molecular complexity index is 908. The molecule has 0 saturated heterocycles. The van der Waals surface area contributed by atoms with Crippen LogP contribution in [0.25, 0.3) is 0 Å². The van der Waals surface area contributed by atoms with Crippen LogP contribution in [0.1, 0.15) is 43.3 Å². The summed E-state index contributed by atoms with van der Waals surface area (Å²) in [6.45, 7) is 11.2. The molecule has 1 aliphatic rings. The van der Waals surface area contributed by atoms with E-state index >= 15 is 0 Å². The SMILES string of the molecule is CC(C)(C)c1ccc(CN2CCn3nc(CNc4ncccn4)cc3C2)cc1. The first-order valence-corrected chi connectivity index (χ1v) is 9.86. The molecule has 2 aromatic heterocycles. The van der Waals surface area contributed by atoms with Crippen molar-refractivity contribution in [3.05, 3.63) is 71.3 Å². The minimum Gasteiger partial charge on any atom is -0.348 e. The second-order valence-electron chi connectivity index (χ2n) is 8.43. The Morgan fingerprint density at radius 2 is 1.79 bits per heavy atom. The van der Waals surface area contributed by atoms with E-state index in [4.69, 9.17) is 5.10 Å². The Morgan fingerprint density at radius 1 is 1.04 bits per heavy atom. The quantitative estimate of drug-likeness (QED) is 0.737. The molecule has 6 nitrogen and oxygen atoms in total. The molecule has 28 heavy (non-hydrogen) atoms. The van der Waals surface area contributed by atoms with E-state index in [0.717, 1.165) is 31.9 Å². The van der Waals surface area contributed by atoms with Crippen LogP contribution in [0.2, 0.25) is 0 Å². The summed E-state index contributed by atoms with van der Waals surface area (Å²) >= 11 is 0. The predicted octanol–water partition coefficient (Wildman–Crippen LogP) is 3.60. The van der Waals surface area contributed by atoms with Crippen LogP contribution in [0.4, 0.5) is 5.95 Å². The zero-order valence-corrected chi connectivity index (χ0v) is 16.9. The van der Waals surface area contributed by atoms with E-state index in [2.05, 4.69) is 76.0 Å². The maximum atomic E-state index is 4.72. The Balaban J connectivity index is 1.36. The third-order valence-electron chi connectivity index (χ3n) is 5.15. The van der Waals surface area contributed by atoms with E-state index in [-0.39, 0.29) is 5.41 Å². The summed E-state index contributed by atoms with van der Waals surface area (Å²) in [5.41, 5.74) is 5.24. The van der Waals surface area contributed by atoms with Gasteiger partial charge in [-0.05, 0) is 28.7 Å². The number of nitrogens with zero attached hydrogens (tertiary/aromatic N) is 5. The van der Waals surface area contributed by atoms with Crippen LogP contribution < -0.4 is 5.32 Å². The Kier molecular flexibility index (Phi) is 5.13. The molecule has 3 heterocycles. The molecule has 3 aromatic rings.